The van der Waals surface area contributed by atoms with E-state index in [0.29, 0.717) is 5.70 Å². The van der Waals surface area contributed by atoms with Crippen LogP contribution in [0.1, 0.15) is 0 Å². The van der Waals surface area contributed by atoms with E-state index >= 15 is 0 Å². The Bertz CT molecular complexity index is 197. The Balaban J connectivity index is 2.79. The molecule has 0 fully saturated rings. The van der Waals surface area contributed by atoms with Crippen LogP contribution in [0.5, 0.6) is 0 Å². The van der Waals surface area contributed by atoms with Gasteiger partial charge in [-0.25, -0.2) is 4.79 Å². The maximum Gasteiger partial charge on any atom is 0.323 e. The average molecular weight is 189 g/mol. The smallest absolute Gasteiger partial charge is 0.313 e. The van der Waals surface area contributed by atoms with Gasteiger partial charge >= 0.3 is 6.03 Å². The largest absolute Gasteiger partial charge is 0.323 e. The minimum atomic E-state index is -0.247. The molecule has 0 aromatic carbocycles. The normalized spacial score (nSPS) is 18.1. The van der Waals surface area contributed by atoms with Crippen LogP contribution >= 0.6 is 15.9 Å². The lowest BCUT2D eigenvalue weighted by Crippen LogP contribution is -2.35. The van der Waals surface area contributed by atoms with Gasteiger partial charge in [0.15, 0.2) is 0 Å². The van der Waals surface area contributed by atoms with Crippen molar-refractivity contribution >= 4 is 22.0 Å². The maximum absolute atomic E-state index is 10.5. The summed E-state index contributed by atoms with van der Waals surface area (Å²) in [5, 5.41) is 4.91. The maximum atomic E-state index is 10.5. The van der Waals surface area contributed by atoms with Gasteiger partial charge in [0.25, 0.3) is 0 Å². The molecule has 1 aliphatic heterocycles. The lowest BCUT2D eigenvalue weighted by atomic mass is 10.4. The van der Waals surface area contributed by atoms with Gasteiger partial charge in [-0.05, 0) is 15.9 Å². The van der Waals surface area contributed by atoms with Crippen LogP contribution in [0.2, 0.25) is 0 Å². The SMILES string of the molecule is C=C1NC(=O)NC=C1Br. The van der Waals surface area contributed by atoms with Crippen LogP contribution in [0.25, 0.3) is 0 Å². The van der Waals surface area contributed by atoms with Crippen molar-refractivity contribution in [1.29, 1.82) is 0 Å². The van der Waals surface area contributed by atoms with Crippen LogP contribution in [-0.4, -0.2) is 6.03 Å². The first-order valence-electron chi connectivity index (χ1n) is 2.32. The third-order valence-electron chi connectivity index (χ3n) is 0.883. The van der Waals surface area contributed by atoms with Gasteiger partial charge in [-0.15, -0.1) is 0 Å². The van der Waals surface area contributed by atoms with Crippen molar-refractivity contribution in [1.82, 2.24) is 10.6 Å². The van der Waals surface area contributed by atoms with Gasteiger partial charge < -0.3 is 10.6 Å². The van der Waals surface area contributed by atoms with E-state index in [1.165, 1.54) is 0 Å². The number of carbonyl (C=O) groups is 1. The number of hydrogen-bond donors (Lipinski definition) is 2. The molecule has 9 heavy (non-hydrogen) atoms. The molecule has 1 aliphatic rings. The van der Waals surface area contributed by atoms with Crippen LogP contribution in [0.15, 0.2) is 23.0 Å². The highest BCUT2D eigenvalue weighted by atomic mass is 79.9. The van der Waals surface area contributed by atoms with Gasteiger partial charge in [0.2, 0.25) is 0 Å². The van der Waals surface area contributed by atoms with E-state index in [9.17, 15) is 4.79 Å². The summed E-state index contributed by atoms with van der Waals surface area (Å²) in [6, 6.07) is -0.247. The third kappa shape index (κ3) is 1.32. The van der Waals surface area contributed by atoms with Gasteiger partial charge in [0.1, 0.15) is 0 Å². The van der Waals surface area contributed by atoms with Crippen LogP contribution in [-0.2, 0) is 0 Å². The predicted molar refractivity (Wildman–Crippen MR) is 37.8 cm³/mol. The summed E-state index contributed by atoms with van der Waals surface area (Å²) < 4.78 is 0.766. The van der Waals surface area contributed by atoms with Crippen molar-refractivity contribution in [2.24, 2.45) is 0 Å². The zero-order valence-corrected chi connectivity index (χ0v) is 6.16. The highest BCUT2D eigenvalue weighted by Gasteiger charge is 2.08. The molecule has 0 spiro atoms. The van der Waals surface area contributed by atoms with E-state index in [4.69, 9.17) is 0 Å². The van der Waals surface area contributed by atoms with Gasteiger partial charge in [-0.1, -0.05) is 6.58 Å². The molecule has 0 radical (unpaired) electrons. The highest BCUT2D eigenvalue weighted by Crippen LogP contribution is 2.13. The molecule has 4 heteroatoms. The summed E-state index contributed by atoms with van der Waals surface area (Å²) in [5.74, 6) is 0. The summed E-state index contributed by atoms with van der Waals surface area (Å²) in [5.41, 5.74) is 0.582. The number of allylic oxidation sites excluding steroid dienone is 1. The van der Waals surface area contributed by atoms with Crippen molar-refractivity contribution in [3.05, 3.63) is 23.0 Å². The Morgan fingerprint density at radius 1 is 1.67 bits per heavy atom. The van der Waals surface area contributed by atoms with Gasteiger partial charge in [0.05, 0.1) is 10.2 Å². The summed E-state index contributed by atoms with van der Waals surface area (Å²) in [6.07, 6.45) is 1.54. The van der Waals surface area contributed by atoms with Crippen molar-refractivity contribution in [2.45, 2.75) is 0 Å². The molecule has 0 bridgehead atoms. The minimum Gasteiger partial charge on any atom is -0.313 e. The molecule has 0 atom stereocenters. The molecule has 1 heterocycles. The molecule has 0 aliphatic carbocycles. The fraction of sp³-hybridized carbons (Fsp3) is 0. The van der Waals surface area contributed by atoms with Crippen LogP contribution in [0, 0.1) is 0 Å². The predicted octanol–water partition coefficient (Wildman–Crippen LogP) is 1.05. The minimum absolute atomic E-state index is 0.247. The average Bonchev–Trinajstić information content (AvgIpc) is 1.80. The van der Waals surface area contributed by atoms with E-state index in [0.717, 1.165) is 4.48 Å². The van der Waals surface area contributed by atoms with Crippen LogP contribution in [0.4, 0.5) is 4.79 Å². The Kier molecular flexibility index (Phi) is 1.57. The zero-order chi connectivity index (χ0) is 6.85. The molecule has 1 rings (SSSR count). The number of rotatable bonds is 0. The molecule has 3 nitrogen and oxygen atoms in total. The topological polar surface area (TPSA) is 41.1 Å². The van der Waals surface area contributed by atoms with Crippen LogP contribution in [0.3, 0.4) is 0 Å². The van der Waals surface area contributed by atoms with Gasteiger partial charge in [0, 0.05) is 6.20 Å². The van der Waals surface area contributed by atoms with Crippen molar-refractivity contribution in [2.75, 3.05) is 0 Å². The van der Waals surface area contributed by atoms with E-state index in [1.807, 2.05) is 0 Å². The standard InChI is InChI=1S/C5H5BrN2O/c1-3-4(6)2-7-5(9)8-3/h2H,1H2,(H2,7,8,9). The third-order valence-corrected chi connectivity index (χ3v) is 1.59. The molecule has 0 saturated carbocycles. The Morgan fingerprint density at radius 3 is 2.78 bits per heavy atom. The fourth-order valence-electron chi connectivity index (χ4n) is 0.449. The molecule has 2 amide bonds. The summed E-state index contributed by atoms with van der Waals surface area (Å²) in [4.78, 5) is 10.5. The first-order chi connectivity index (χ1) is 4.20. The number of urea groups is 1. The number of nitrogens with one attached hydrogen (secondary N) is 2. The summed E-state index contributed by atoms with van der Waals surface area (Å²) in [6.45, 7) is 3.56. The number of amides is 2. The highest BCUT2D eigenvalue weighted by molar-refractivity contribution is 9.12. The molecular weight excluding hydrogens is 184 g/mol. The first-order valence-corrected chi connectivity index (χ1v) is 3.12. The van der Waals surface area contributed by atoms with E-state index in [1.54, 1.807) is 6.20 Å². The Labute approximate surface area is 60.9 Å². The second-order valence-corrected chi connectivity index (χ2v) is 2.42. The Hall–Kier alpha value is -0.770. The number of halogens is 1. The summed E-state index contributed by atoms with van der Waals surface area (Å²) >= 11 is 3.17. The number of carbonyl (C=O) groups excluding carboxylic acids is 1. The van der Waals surface area contributed by atoms with E-state index in [-0.39, 0.29) is 6.03 Å². The fourth-order valence-corrected chi connectivity index (χ4v) is 0.662. The van der Waals surface area contributed by atoms with Crippen molar-refractivity contribution in [3.63, 3.8) is 0 Å². The molecule has 2 N–H and O–H groups in total. The monoisotopic (exact) mass is 188 g/mol. The molecule has 0 aromatic rings. The van der Waals surface area contributed by atoms with E-state index < -0.39 is 0 Å². The molecule has 48 valence electrons. The summed E-state index contributed by atoms with van der Waals surface area (Å²) in [7, 11) is 0. The quantitative estimate of drug-likeness (QED) is 0.587. The molecule has 0 saturated heterocycles. The van der Waals surface area contributed by atoms with Crippen molar-refractivity contribution < 1.29 is 4.79 Å². The zero-order valence-electron chi connectivity index (χ0n) is 4.57. The molecular formula is C5H5BrN2O. The molecule has 0 aromatic heterocycles. The second kappa shape index (κ2) is 2.23. The van der Waals surface area contributed by atoms with Gasteiger partial charge in [-0.3, -0.25) is 0 Å². The number of hydrogen-bond acceptors (Lipinski definition) is 1. The van der Waals surface area contributed by atoms with Crippen LogP contribution < -0.4 is 10.6 Å². The molecule has 0 unspecified atom stereocenters. The lowest BCUT2D eigenvalue weighted by Gasteiger charge is -2.12. The first kappa shape index (κ1) is 6.35. The Morgan fingerprint density at radius 2 is 2.33 bits per heavy atom. The second-order valence-electron chi connectivity index (χ2n) is 1.57. The van der Waals surface area contributed by atoms with Crippen molar-refractivity contribution in [3.8, 4) is 0 Å². The van der Waals surface area contributed by atoms with Gasteiger partial charge in [-0.2, -0.15) is 0 Å². The van der Waals surface area contributed by atoms with E-state index in [2.05, 4.69) is 33.1 Å². The lowest BCUT2D eigenvalue weighted by molar-refractivity contribution is 0.246.